The number of nitrogens with one attached hydrogen (secondary N) is 2. The molecular formula is C15H17ClN4O. The molecule has 0 spiro atoms. The number of aromatic nitrogens is 1. The number of fused-ring (bicyclic) bond motifs is 1. The molecule has 4 N–H and O–H groups in total. The maximum atomic E-state index is 12.5. The number of nitrogens with two attached hydrogens (primary N) is 1. The number of hydrogen-bond donors (Lipinski definition) is 3. The van der Waals surface area contributed by atoms with Gasteiger partial charge in [-0.25, -0.2) is 0 Å². The molecule has 0 unspecified atom stereocenters. The van der Waals surface area contributed by atoms with Crippen LogP contribution in [-0.2, 0) is 0 Å². The Balaban J connectivity index is 1.95. The van der Waals surface area contributed by atoms with Gasteiger partial charge in [-0.15, -0.1) is 0 Å². The number of piperidine rings is 1. The Morgan fingerprint density at radius 3 is 2.95 bits per heavy atom. The van der Waals surface area contributed by atoms with Crippen LogP contribution in [0.1, 0.15) is 23.2 Å². The van der Waals surface area contributed by atoms with Crippen LogP contribution in [0.5, 0.6) is 0 Å². The Morgan fingerprint density at radius 1 is 1.43 bits per heavy atom. The van der Waals surface area contributed by atoms with Gasteiger partial charge in [-0.1, -0.05) is 11.6 Å². The van der Waals surface area contributed by atoms with Gasteiger partial charge in [0.2, 0.25) is 0 Å². The van der Waals surface area contributed by atoms with E-state index in [2.05, 4.69) is 15.6 Å². The van der Waals surface area contributed by atoms with Crippen molar-refractivity contribution in [2.75, 3.05) is 18.8 Å². The molecule has 1 fully saturated rings. The number of anilines is 1. The third kappa shape index (κ3) is 2.80. The van der Waals surface area contributed by atoms with Gasteiger partial charge in [-0.05, 0) is 44.1 Å². The number of nitrogen functional groups attached to an aromatic ring is 1. The number of amides is 1. The highest BCUT2D eigenvalue weighted by atomic mass is 35.5. The second kappa shape index (κ2) is 5.87. The smallest absolute Gasteiger partial charge is 0.253 e. The van der Waals surface area contributed by atoms with Gasteiger partial charge in [0, 0.05) is 17.6 Å². The van der Waals surface area contributed by atoms with Crippen LogP contribution in [0.4, 0.5) is 5.69 Å². The molecule has 0 radical (unpaired) electrons. The van der Waals surface area contributed by atoms with E-state index >= 15 is 0 Å². The van der Waals surface area contributed by atoms with Crippen LogP contribution < -0.4 is 16.4 Å². The summed E-state index contributed by atoms with van der Waals surface area (Å²) in [7, 11) is 0. The number of nitrogens with zero attached hydrogens (tertiary/aromatic N) is 1. The lowest BCUT2D eigenvalue weighted by molar-refractivity contribution is 0.0931. The molecule has 1 aromatic heterocycles. The van der Waals surface area contributed by atoms with Crippen molar-refractivity contribution in [2.24, 2.45) is 0 Å². The van der Waals surface area contributed by atoms with Crippen LogP contribution in [-0.4, -0.2) is 30.0 Å². The predicted molar refractivity (Wildman–Crippen MR) is 84.5 cm³/mol. The molecule has 21 heavy (non-hydrogen) atoms. The van der Waals surface area contributed by atoms with Crippen LogP contribution >= 0.6 is 11.6 Å². The molecule has 0 saturated carbocycles. The van der Waals surface area contributed by atoms with E-state index < -0.39 is 0 Å². The molecule has 1 aromatic carbocycles. The number of carbonyl (C=O) groups excluding carboxylic acids is 1. The van der Waals surface area contributed by atoms with E-state index in [-0.39, 0.29) is 11.9 Å². The number of pyridine rings is 1. The van der Waals surface area contributed by atoms with Gasteiger partial charge in [0.05, 0.1) is 21.8 Å². The number of halogens is 1. The molecule has 1 aliphatic rings. The standard InChI is InChI=1S/C15H17ClN4O/c16-12-8-11(14-10(13(12)17)2-1-5-19-14)15(21)20-9-3-6-18-7-4-9/h1-2,5,8-9,18H,3-4,6-7,17H2,(H,20,21). The lowest BCUT2D eigenvalue weighted by atomic mass is 10.0. The third-order valence-electron chi connectivity index (χ3n) is 3.80. The summed E-state index contributed by atoms with van der Waals surface area (Å²) in [6.07, 6.45) is 3.51. The average Bonchev–Trinajstić information content (AvgIpc) is 2.52. The third-order valence-corrected chi connectivity index (χ3v) is 4.11. The molecule has 1 amide bonds. The Morgan fingerprint density at radius 2 is 2.19 bits per heavy atom. The van der Waals surface area contributed by atoms with Gasteiger partial charge in [-0.2, -0.15) is 0 Å². The monoisotopic (exact) mass is 304 g/mol. The van der Waals surface area contributed by atoms with E-state index in [0.717, 1.165) is 25.9 Å². The van der Waals surface area contributed by atoms with Crippen LogP contribution in [0, 0.1) is 0 Å². The zero-order valence-corrected chi connectivity index (χ0v) is 12.3. The van der Waals surface area contributed by atoms with Crippen molar-refractivity contribution < 1.29 is 4.79 Å². The van der Waals surface area contributed by atoms with Gasteiger partial charge in [0.1, 0.15) is 0 Å². The fourth-order valence-electron chi connectivity index (χ4n) is 2.64. The van der Waals surface area contributed by atoms with Crippen LogP contribution in [0.25, 0.3) is 10.9 Å². The number of rotatable bonds is 2. The molecular weight excluding hydrogens is 288 g/mol. The van der Waals surface area contributed by atoms with Crippen molar-refractivity contribution >= 4 is 34.1 Å². The minimum atomic E-state index is -0.146. The molecule has 0 atom stereocenters. The quantitative estimate of drug-likeness (QED) is 0.741. The van der Waals surface area contributed by atoms with E-state index in [0.29, 0.717) is 27.2 Å². The number of hydrogen-bond acceptors (Lipinski definition) is 4. The summed E-state index contributed by atoms with van der Waals surface area (Å²) in [6, 6.07) is 5.39. The molecule has 110 valence electrons. The van der Waals surface area contributed by atoms with Crippen molar-refractivity contribution in [2.45, 2.75) is 18.9 Å². The summed E-state index contributed by atoms with van der Waals surface area (Å²) in [5.41, 5.74) is 7.48. The summed E-state index contributed by atoms with van der Waals surface area (Å²) in [5.74, 6) is -0.146. The highest BCUT2D eigenvalue weighted by Gasteiger charge is 2.20. The Bertz CT molecular complexity index is 683. The zero-order chi connectivity index (χ0) is 14.8. The summed E-state index contributed by atoms with van der Waals surface area (Å²) in [5, 5.41) is 7.42. The molecule has 6 heteroatoms. The van der Waals surface area contributed by atoms with Crippen LogP contribution in [0.2, 0.25) is 5.02 Å². The van der Waals surface area contributed by atoms with Gasteiger partial charge < -0.3 is 16.4 Å². The van der Waals surface area contributed by atoms with E-state index in [1.165, 1.54) is 0 Å². The number of benzene rings is 1. The van der Waals surface area contributed by atoms with E-state index in [1.807, 2.05) is 6.07 Å². The molecule has 1 saturated heterocycles. The second-order valence-electron chi connectivity index (χ2n) is 5.22. The minimum absolute atomic E-state index is 0.146. The Hall–Kier alpha value is -1.85. The molecule has 0 bridgehead atoms. The molecule has 2 aromatic rings. The Labute approximate surface area is 127 Å². The second-order valence-corrected chi connectivity index (χ2v) is 5.62. The molecule has 0 aliphatic carbocycles. The normalized spacial score (nSPS) is 16.0. The highest BCUT2D eigenvalue weighted by molar-refractivity contribution is 6.35. The lowest BCUT2D eigenvalue weighted by Gasteiger charge is -2.24. The highest BCUT2D eigenvalue weighted by Crippen LogP contribution is 2.30. The summed E-state index contributed by atoms with van der Waals surface area (Å²) < 4.78 is 0. The molecule has 2 heterocycles. The van der Waals surface area contributed by atoms with E-state index in [9.17, 15) is 4.79 Å². The first-order valence-electron chi connectivity index (χ1n) is 7.01. The zero-order valence-electron chi connectivity index (χ0n) is 11.5. The van der Waals surface area contributed by atoms with Gasteiger partial charge in [0.25, 0.3) is 5.91 Å². The fourth-order valence-corrected chi connectivity index (χ4v) is 2.85. The lowest BCUT2D eigenvalue weighted by Crippen LogP contribution is -2.42. The average molecular weight is 305 g/mol. The predicted octanol–water partition coefficient (Wildman–Crippen LogP) is 1.95. The largest absolute Gasteiger partial charge is 0.397 e. The number of carbonyl (C=O) groups is 1. The van der Waals surface area contributed by atoms with Gasteiger partial charge in [0.15, 0.2) is 0 Å². The van der Waals surface area contributed by atoms with Crippen molar-refractivity contribution in [3.63, 3.8) is 0 Å². The maximum absolute atomic E-state index is 12.5. The van der Waals surface area contributed by atoms with Crippen molar-refractivity contribution in [3.05, 3.63) is 35.0 Å². The van der Waals surface area contributed by atoms with E-state index in [1.54, 1.807) is 18.3 Å². The van der Waals surface area contributed by atoms with E-state index in [4.69, 9.17) is 17.3 Å². The summed E-state index contributed by atoms with van der Waals surface area (Å²) >= 11 is 6.14. The first-order chi connectivity index (χ1) is 10.2. The Kier molecular flexibility index (Phi) is 3.94. The summed E-state index contributed by atoms with van der Waals surface area (Å²) in [4.78, 5) is 16.8. The topological polar surface area (TPSA) is 80.0 Å². The van der Waals surface area contributed by atoms with Crippen molar-refractivity contribution in [3.8, 4) is 0 Å². The van der Waals surface area contributed by atoms with Crippen molar-refractivity contribution in [1.29, 1.82) is 0 Å². The first-order valence-corrected chi connectivity index (χ1v) is 7.39. The van der Waals surface area contributed by atoms with Gasteiger partial charge >= 0.3 is 0 Å². The minimum Gasteiger partial charge on any atom is -0.397 e. The van der Waals surface area contributed by atoms with Crippen LogP contribution in [0.3, 0.4) is 0 Å². The fraction of sp³-hybridized carbons (Fsp3) is 0.333. The molecule has 3 rings (SSSR count). The molecule has 5 nitrogen and oxygen atoms in total. The van der Waals surface area contributed by atoms with Crippen LogP contribution in [0.15, 0.2) is 24.4 Å². The summed E-state index contributed by atoms with van der Waals surface area (Å²) in [6.45, 7) is 1.85. The van der Waals surface area contributed by atoms with Crippen molar-refractivity contribution in [1.82, 2.24) is 15.6 Å². The SMILES string of the molecule is Nc1c(Cl)cc(C(=O)NC2CCNCC2)c2ncccc12. The van der Waals surface area contributed by atoms with Gasteiger partial charge in [-0.3, -0.25) is 9.78 Å². The maximum Gasteiger partial charge on any atom is 0.253 e. The molecule has 1 aliphatic heterocycles. The first kappa shape index (κ1) is 14.1.